The molecular weight excluding hydrogens is 369 g/mol. The van der Waals surface area contributed by atoms with Gasteiger partial charge in [-0.25, -0.2) is 8.42 Å². The molecule has 2 rings (SSSR count). The monoisotopic (exact) mass is 377 g/mol. The third kappa shape index (κ3) is 3.73. The molecule has 0 aliphatic heterocycles. The molecule has 0 spiro atoms. The van der Waals surface area contributed by atoms with Gasteiger partial charge < -0.3 is 0 Å². The van der Waals surface area contributed by atoms with E-state index in [-0.39, 0.29) is 14.9 Å². The van der Waals surface area contributed by atoms with Gasteiger partial charge in [0.15, 0.2) is 0 Å². The lowest BCUT2D eigenvalue weighted by Gasteiger charge is -2.23. The van der Waals surface area contributed by atoms with Crippen LogP contribution in [0.2, 0.25) is 10.0 Å². The SMILES string of the molecule is O=C(Cl)CN(c1ccccc1)S(=O)(=O)c1cc(Cl)ccc1Cl. The first-order valence-electron chi connectivity index (χ1n) is 6.03. The van der Waals surface area contributed by atoms with Crippen LogP contribution in [-0.2, 0) is 14.8 Å². The fourth-order valence-corrected chi connectivity index (χ4v) is 4.17. The van der Waals surface area contributed by atoms with E-state index in [0.717, 1.165) is 4.31 Å². The summed E-state index contributed by atoms with van der Waals surface area (Å²) < 4.78 is 26.5. The van der Waals surface area contributed by atoms with Crippen molar-refractivity contribution in [1.82, 2.24) is 0 Å². The Hall–Kier alpha value is -1.27. The Morgan fingerprint density at radius 2 is 1.68 bits per heavy atom. The maximum Gasteiger partial charge on any atom is 0.266 e. The quantitative estimate of drug-likeness (QED) is 0.740. The predicted octanol–water partition coefficient (Wildman–Crippen LogP) is 3.95. The summed E-state index contributed by atoms with van der Waals surface area (Å²) in [5, 5.41) is -0.592. The van der Waals surface area contributed by atoms with Crippen molar-refractivity contribution in [2.45, 2.75) is 4.90 Å². The summed E-state index contributed by atoms with van der Waals surface area (Å²) in [6.45, 7) is -0.517. The van der Waals surface area contributed by atoms with Crippen LogP contribution in [0.3, 0.4) is 0 Å². The summed E-state index contributed by atoms with van der Waals surface area (Å²) in [4.78, 5) is 11.1. The molecule has 0 bridgehead atoms. The van der Waals surface area contributed by atoms with Crippen LogP contribution in [0.5, 0.6) is 0 Å². The molecule has 0 radical (unpaired) electrons. The normalized spacial score (nSPS) is 11.2. The van der Waals surface area contributed by atoms with Crippen molar-refractivity contribution in [1.29, 1.82) is 0 Å². The van der Waals surface area contributed by atoms with Crippen molar-refractivity contribution in [2.24, 2.45) is 0 Å². The predicted molar refractivity (Wildman–Crippen MR) is 88.3 cm³/mol. The van der Waals surface area contributed by atoms with Crippen molar-refractivity contribution in [3.63, 3.8) is 0 Å². The number of para-hydroxylation sites is 1. The van der Waals surface area contributed by atoms with Crippen LogP contribution in [-0.4, -0.2) is 20.2 Å². The van der Waals surface area contributed by atoms with E-state index in [9.17, 15) is 13.2 Å². The lowest BCUT2D eigenvalue weighted by molar-refractivity contribution is -0.110. The Kier molecular flexibility index (Phi) is 5.34. The van der Waals surface area contributed by atoms with Gasteiger partial charge in [0.2, 0.25) is 5.24 Å². The number of rotatable bonds is 5. The summed E-state index contributed by atoms with van der Waals surface area (Å²) in [7, 11) is -4.09. The number of nitrogens with zero attached hydrogens (tertiary/aromatic N) is 1. The number of sulfonamides is 1. The van der Waals surface area contributed by atoms with Crippen LogP contribution in [0.1, 0.15) is 0 Å². The Morgan fingerprint density at radius 1 is 1.05 bits per heavy atom. The van der Waals surface area contributed by atoms with Crippen LogP contribution in [0.15, 0.2) is 53.4 Å². The van der Waals surface area contributed by atoms with Gasteiger partial charge in [0.05, 0.1) is 10.7 Å². The molecule has 4 nitrogen and oxygen atoms in total. The number of halogens is 3. The van der Waals surface area contributed by atoms with Gasteiger partial charge >= 0.3 is 0 Å². The zero-order valence-electron chi connectivity index (χ0n) is 11.0. The standard InChI is InChI=1S/C14H10Cl3NO3S/c15-10-6-7-12(16)13(8-10)22(20,21)18(9-14(17)19)11-4-2-1-3-5-11/h1-8H,9H2. The van der Waals surface area contributed by atoms with Gasteiger partial charge in [-0.3, -0.25) is 9.10 Å². The number of anilines is 1. The number of carbonyl (C=O) groups is 1. The Labute approximate surface area is 143 Å². The lowest BCUT2D eigenvalue weighted by atomic mass is 10.3. The molecule has 0 aromatic heterocycles. The summed E-state index contributed by atoms with van der Waals surface area (Å²) in [6.07, 6.45) is 0. The molecule has 0 N–H and O–H groups in total. The Morgan fingerprint density at radius 3 is 2.27 bits per heavy atom. The second kappa shape index (κ2) is 6.87. The minimum atomic E-state index is -4.09. The smallest absolute Gasteiger partial charge is 0.266 e. The summed E-state index contributed by atoms with van der Waals surface area (Å²) >= 11 is 17.2. The highest BCUT2D eigenvalue weighted by atomic mass is 35.5. The Bertz CT molecular complexity index is 794. The van der Waals surface area contributed by atoms with E-state index in [0.29, 0.717) is 5.69 Å². The fraction of sp³-hybridized carbons (Fsp3) is 0.0714. The zero-order valence-corrected chi connectivity index (χ0v) is 14.1. The van der Waals surface area contributed by atoms with Crippen LogP contribution in [0, 0.1) is 0 Å². The molecule has 0 heterocycles. The minimum Gasteiger partial charge on any atom is -0.279 e. The molecule has 0 fully saturated rings. The lowest BCUT2D eigenvalue weighted by Crippen LogP contribution is -2.34. The fourth-order valence-electron chi connectivity index (χ4n) is 1.82. The molecule has 0 atom stereocenters. The first kappa shape index (κ1) is 17.1. The van der Waals surface area contributed by atoms with Gasteiger partial charge in [0.25, 0.3) is 10.0 Å². The summed E-state index contributed by atoms with van der Waals surface area (Å²) in [5.41, 5.74) is 0.299. The minimum absolute atomic E-state index is 0.00681. The van der Waals surface area contributed by atoms with Gasteiger partial charge in [-0.1, -0.05) is 41.4 Å². The van der Waals surface area contributed by atoms with E-state index < -0.39 is 21.8 Å². The zero-order chi connectivity index (χ0) is 16.3. The number of hydrogen-bond donors (Lipinski definition) is 0. The first-order valence-corrected chi connectivity index (χ1v) is 8.61. The van der Waals surface area contributed by atoms with Crippen molar-refractivity contribution in [2.75, 3.05) is 10.8 Å². The first-order chi connectivity index (χ1) is 10.3. The largest absolute Gasteiger partial charge is 0.279 e. The molecule has 2 aromatic rings. The average Bonchev–Trinajstić information content (AvgIpc) is 2.47. The maximum atomic E-state index is 12.8. The van der Waals surface area contributed by atoms with Crippen LogP contribution < -0.4 is 4.31 Å². The molecule has 0 saturated heterocycles. The van der Waals surface area contributed by atoms with Gasteiger partial charge in [-0.05, 0) is 41.9 Å². The third-order valence-corrected chi connectivity index (χ3v) is 5.38. The molecule has 8 heteroatoms. The second-order valence-corrected chi connectivity index (χ2v) is 7.37. The van der Waals surface area contributed by atoms with Crippen molar-refractivity contribution < 1.29 is 13.2 Å². The molecule has 0 unspecified atom stereocenters. The van der Waals surface area contributed by atoms with Gasteiger partial charge in [-0.2, -0.15) is 0 Å². The van der Waals surface area contributed by atoms with Crippen molar-refractivity contribution >= 4 is 55.8 Å². The highest BCUT2D eigenvalue weighted by molar-refractivity contribution is 7.93. The maximum absolute atomic E-state index is 12.8. The Balaban J connectivity index is 2.59. The van der Waals surface area contributed by atoms with Gasteiger partial charge in [0.1, 0.15) is 11.4 Å². The van der Waals surface area contributed by atoms with E-state index in [2.05, 4.69) is 0 Å². The molecule has 0 aliphatic rings. The van der Waals surface area contributed by atoms with Crippen LogP contribution in [0.4, 0.5) is 5.69 Å². The highest BCUT2D eigenvalue weighted by Crippen LogP contribution is 2.30. The van der Waals surface area contributed by atoms with Crippen molar-refractivity contribution in [3.05, 3.63) is 58.6 Å². The van der Waals surface area contributed by atoms with E-state index >= 15 is 0 Å². The van der Waals surface area contributed by atoms with Gasteiger partial charge in [0, 0.05) is 5.02 Å². The van der Waals surface area contributed by atoms with Crippen molar-refractivity contribution in [3.8, 4) is 0 Å². The highest BCUT2D eigenvalue weighted by Gasteiger charge is 2.28. The molecule has 2 aromatic carbocycles. The molecular formula is C14H10Cl3NO3S. The number of benzene rings is 2. The molecule has 0 saturated carbocycles. The molecule has 22 heavy (non-hydrogen) atoms. The summed E-state index contributed by atoms with van der Waals surface area (Å²) in [6, 6.07) is 12.2. The molecule has 0 aliphatic carbocycles. The van der Waals surface area contributed by atoms with E-state index in [1.165, 1.54) is 18.2 Å². The second-order valence-electron chi connectivity index (χ2n) is 4.28. The number of hydrogen-bond acceptors (Lipinski definition) is 3. The number of carbonyl (C=O) groups excluding carboxylic acids is 1. The average molecular weight is 379 g/mol. The van der Waals surface area contributed by atoms with E-state index in [4.69, 9.17) is 34.8 Å². The van der Waals surface area contributed by atoms with Gasteiger partial charge in [-0.15, -0.1) is 0 Å². The topological polar surface area (TPSA) is 54.5 Å². The van der Waals surface area contributed by atoms with Crippen LogP contribution in [0.25, 0.3) is 0 Å². The third-order valence-electron chi connectivity index (χ3n) is 2.77. The molecule has 0 amide bonds. The summed E-state index contributed by atoms with van der Waals surface area (Å²) in [5.74, 6) is 0. The van der Waals surface area contributed by atoms with E-state index in [1.54, 1.807) is 30.3 Å². The van der Waals surface area contributed by atoms with Crippen LogP contribution >= 0.6 is 34.8 Å². The molecule has 116 valence electrons. The van der Waals surface area contributed by atoms with E-state index in [1.807, 2.05) is 0 Å².